The molecule has 0 aliphatic heterocycles. The van der Waals surface area contributed by atoms with Crippen LogP contribution in [0.5, 0.6) is 0 Å². The average Bonchev–Trinajstić information content (AvgIpc) is 2.61. The molecule has 0 spiro atoms. The molecule has 1 N–H and O–H groups in total. The number of hydrogen-bond acceptors (Lipinski definition) is 5. The Bertz CT molecular complexity index is 883. The molecule has 0 atom stereocenters. The van der Waals surface area contributed by atoms with Crippen LogP contribution >= 0.6 is 0 Å². The van der Waals surface area contributed by atoms with E-state index in [-0.39, 0.29) is 5.56 Å². The van der Waals surface area contributed by atoms with E-state index in [4.69, 9.17) is 0 Å². The molecular weight excluding hydrogens is 350 g/mol. The zero-order valence-electron chi connectivity index (χ0n) is 13.1. The number of rotatable bonds is 6. The van der Waals surface area contributed by atoms with E-state index in [1.165, 1.54) is 24.3 Å². The van der Waals surface area contributed by atoms with Gasteiger partial charge < -0.3 is 10.1 Å². The number of nitro benzene ring substituents is 1. The third-order valence-corrected chi connectivity index (χ3v) is 3.08. The van der Waals surface area contributed by atoms with Crippen LogP contribution in [0, 0.1) is 21.7 Å². The van der Waals surface area contributed by atoms with Crippen molar-refractivity contribution in [1.29, 1.82) is 0 Å². The molecule has 9 heteroatoms. The number of nitrogens with one attached hydrogen (secondary N) is 1. The van der Waals surface area contributed by atoms with Gasteiger partial charge in [-0.3, -0.25) is 14.9 Å². The molecule has 0 radical (unpaired) electrons. The molecule has 1 amide bonds. The average molecular weight is 362 g/mol. The van der Waals surface area contributed by atoms with Crippen molar-refractivity contribution in [2.24, 2.45) is 0 Å². The van der Waals surface area contributed by atoms with Crippen LogP contribution in [0.2, 0.25) is 0 Å². The van der Waals surface area contributed by atoms with E-state index in [1.54, 1.807) is 6.07 Å². The molecule has 2 aromatic carbocycles. The van der Waals surface area contributed by atoms with Gasteiger partial charge in [-0.25, -0.2) is 13.6 Å². The Morgan fingerprint density at radius 3 is 2.58 bits per heavy atom. The van der Waals surface area contributed by atoms with Crippen molar-refractivity contribution < 1.29 is 28.0 Å². The van der Waals surface area contributed by atoms with Gasteiger partial charge in [0, 0.05) is 23.8 Å². The number of ether oxygens (including phenoxy) is 1. The van der Waals surface area contributed by atoms with E-state index in [1.807, 2.05) is 0 Å². The van der Waals surface area contributed by atoms with Gasteiger partial charge in [-0.1, -0.05) is 18.2 Å². The van der Waals surface area contributed by atoms with E-state index >= 15 is 0 Å². The highest BCUT2D eigenvalue weighted by molar-refractivity contribution is 5.94. The summed E-state index contributed by atoms with van der Waals surface area (Å²) in [4.78, 5) is 33.1. The summed E-state index contributed by atoms with van der Waals surface area (Å²) in [6, 6.07) is 8.34. The monoisotopic (exact) mass is 362 g/mol. The van der Waals surface area contributed by atoms with Crippen LogP contribution in [0.1, 0.15) is 5.56 Å². The van der Waals surface area contributed by atoms with Crippen LogP contribution in [0.3, 0.4) is 0 Å². The van der Waals surface area contributed by atoms with Gasteiger partial charge >= 0.3 is 5.97 Å². The molecule has 0 saturated heterocycles. The highest BCUT2D eigenvalue weighted by Crippen LogP contribution is 2.21. The van der Waals surface area contributed by atoms with Crippen molar-refractivity contribution in [2.45, 2.75) is 0 Å². The van der Waals surface area contributed by atoms with Gasteiger partial charge in [0.25, 0.3) is 11.6 Å². The molecule has 0 heterocycles. The maximum absolute atomic E-state index is 13.5. The number of nitrogens with zero attached hydrogens (tertiary/aromatic N) is 1. The molecular formula is C17H12F2N2O5. The minimum atomic E-state index is -0.914. The summed E-state index contributed by atoms with van der Waals surface area (Å²) in [6.07, 6.45) is 2.11. The van der Waals surface area contributed by atoms with Crippen LogP contribution in [0.25, 0.3) is 6.08 Å². The summed E-state index contributed by atoms with van der Waals surface area (Å²) in [6.45, 7) is -0.747. The minimum Gasteiger partial charge on any atom is -0.452 e. The number of amides is 1. The van der Waals surface area contributed by atoms with Gasteiger partial charge in [0.15, 0.2) is 6.61 Å². The third kappa shape index (κ3) is 5.20. The SMILES string of the molecule is O=C(COC(=O)/C=C/c1ccccc1F)Nc1cc([N+](=O)[O-])ccc1F. The molecule has 2 rings (SSSR count). The number of halogens is 2. The fourth-order valence-corrected chi connectivity index (χ4v) is 1.86. The lowest BCUT2D eigenvalue weighted by Crippen LogP contribution is -2.20. The van der Waals surface area contributed by atoms with Gasteiger partial charge in [-0.2, -0.15) is 0 Å². The largest absolute Gasteiger partial charge is 0.452 e. The first-order chi connectivity index (χ1) is 12.4. The number of carbonyl (C=O) groups excluding carboxylic acids is 2. The van der Waals surface area contributed by atoms with Gasteiger partial charge in [-0.15, -0.1) is 0 Å². The molecule has 0 aromatic heterocycles. The second-order valence-corrected chi connectivity index (χ2v) is 4.93. The van der Waals surface area contributed by atoms with Gasteiger partial charge in [0.1, 0.15) is 11.6 Å². The van der Waals surface area contributed by atoms with Crippen molar-refractivity contribution in [3.8, 4) is 0 Å². The molecule has 2 aromatic rings. The Labute approximate surface area is 146 Å². The van der Waals surface area contributed by atoms with Crippen LogP contribution in [-0.2, 0) is 14.3 Å². The smallest absolute Gasteiger partial charge is 0.331 e. The van der Waals surface area contributed by atoms with Crippen molar-refractivity contribution >= 4 is 29.3 Å². The Kier molecular flexibility index (Phi) is 6.10. The number of carbonyl (C=O) groups is 2. The van der Waals surface area contributed by atoms with Crippen LogP contribution in [-0.4, -0.2) is 23.4 Å². The first kappa shape index (κ1) is 18.7. The topological polar surface area (TPSA) is 98.5 Å². The zero-order valence-corrected chi connectivity index (χ0v) is 13.1. The van der Waals surface area contributed by atoms with E-state index in [0.717, 1.165) is 24.3 Å². The Hall–Kier alpha value is -3.62. The van der Waals surface area contributed by atoms with Gasteiger partial charge in [0.2, 0.25) is 0 Å². The van der Waals surface area contributed by atoms with Crippen LogP contribution in [0.15, 0.2) is 48.5 Å². The van der Waals surface area contributed by atoms with E-state index in [9.17, 15) is 28.5 Å². The third-order valence-electron chi connectivity index (χ3n) is 3.08. The second-order valence-electron chi connectivity index (χ2n) is 4.93. The van der Waals surface area contributed by atoms with Crippen molar-refractivity contribution in [1.82, 2.24) is 0 Å². The Balaban J connectivity index is 1.91. The second kappa shape index (κ2) is 8.47. The maximum atomic E-state index is 13.5. The molecule has 134 valence electrons. The highest BCUT2D eigenvalue weighted by atomic mass is 19.1. The first-order valence-electron chi connectivity index (χ1n) is 7.20. The lowest BCUT2D eigenvalue weighted by molar-refractivity contribution is -0.384. The number of esters is 1. The summed E-state index contributed by atoms with van der Waals surface area (Å²) in [7, 11) is 0. The predicted octanol–water partition coefficient (Wildman–Crippen LogP) is 3.07. The molecule has 0 saturated carbocycles. The van der Waals surface area contributed by atoms with Gasteiger partial charge in [-0.05, 0) is 18.2 Å². The summed E-state index contributed by atoms with van der Waals surface area (Å²) in [5, 5.41) is 12.7. The molecule has 0 aliphatic rings. The molecule has 0 bridgehead atoms. The Morgan fingerprint density at radius 2 is 1.88 bits per heavy atom. The Morgan fingerprint density at radius 1 is 1.15 bits per heavy atom. The number of nitro groups is 1. The van der Waals surface area contributed by atoms with Crippen molar-refractivity contribution in [3.63, 3.8) is 0 Å². The first-order valence-corrected chi connectivity index (χ1v) is 7.20. The standard InChI is InChI=1S/C17H12F2N2O5/c18-13-4-2-1-3-11(13)5-8-17(23)26-10-16(22)20-15-9-12(21(24)25)6-7-14(15)19/h1-9H,10H2,(H,20,22)/b8-5+. The van der Waals surface area contributed by atoms with Crippen molar-refractivity contribution in [3.05, 3.63) is 75.9 Å². The number of benzene rings is 2. The normalized spacial score (nSPS) is 10.5. The molecule has 7 nitrogen and oxygen atoms in total. The van der Waals surface area contributed by atoms with Crippen LogP contribution in [0.4, 0.5) is 20.2 Å². The molecule has 0 aliphatic carbocycles. The summed E-state index contributed by atoms with van der Waals surface area (Å²) < 4.78 is 31.6. The number of hydrogen-bond donors (Lipinski definition) is 1. The summed E-state index contributed by atoms with van der Waals surface area (Å²) >= 11 is 0. The lowest BCUT2D eigenvalue weighted by atomic mass is 10.2. The number of non-ortho nitro benzene ring substituents is 1. The maximum Gasteiger partial charge on any atom is 0.331 e. The predicted molar refractivity (Wildman–Crippen MR) is 88.1 cm³/mol. The number of anilines is 1. The van der Waals surface area contributed by atoms with E-state index in [2.05, 4.69) is 10.1 Å². The van der Waals surface area contributed by atoms with Crippen molar-refractivity contribution in [2.75, 3.05) is 11.9 Å². The van der Waals surface area contributed by atoms with Crippen LogP contribution < -0.4 is 5.32 Å². The molecule has 0 fully saturated rings. The summed E-state index contributed by atoms with van der Waals surface area (Å²) in [5.74, 6) is -3.22. The lowest BCUT2D eigenvalue weighted by Gasteiger charge is -2.06. The van der Waals surface area contributed by atoms with E-state index < -0.39 is 46.4 Å². The molecule has 26 heavy (non-hydrogen) atoms. The minimum absolute atomic E-state index is 0.160. The zero-order chi connectivity index (χ0) is 19.1. The highest BCUT2D eigenvalue weighted by Gasteiger charge is 2.14. The molecule has 0 unspecified atom stereocenters. The van der Waals surface area contributed by atoms with Gasteiger partial charge in [0.05, 0.1) is 10.6 Å². The summed E-state index contributed by atoms with van der Waals surface area (Å²) in [5.41, 5.74) is -0.666. The fourth-order valence-electron chi connectivity index (χ4n) is 1.86. The fraction of sp³-hybridized carbons (Fsp3) is 0.0588. The quantitative estimate of drug-likeness (QED) is 0.369. The van der Waals surface area contributed by atoms with E-state index in [0.29, 0.717) is 0 Å².